The topological polar surface area (TPSA) is 135 Å². The molecule has 33 heavy (non-hydrogen) atoms. The summed E-state index contributed by atoms with van der Waals surface area (Å²) in [5, 5.41) is 14.5. The third kappa shape index (κ3) is 5.41. The number of nitrogen functional groups attached to an aromatic ring is 1. The fourth-order valence-corrected chi connectivity index (χ4v) is 4.90. The van der Waals surface area contributed by atoms with Crippen LogP contribution in [0.2, 0.25) is 0 Å². The van der Waals surface area contributed by atoms with Gasteiger partial charge in [0.25, 0.3) is 5.89 Å². The molecule has 174 valence electrons. The van der Waals surface area contributed by atoms with E-state index in [1.807, 2.05) is 38.2 Å². The zero-order valence-electron chi connectivity index (χ0n) is 18.6. The first-order chi connectivity index (χ1) is 16.0. The molecule has 10 nitrogen and oxygen atoms in total. The maximum atomic E-state index is 11.7. The standard InChI is InChI=1S/C22H27IN8O2/c1-3-18(32)27-15-8-9-31(16(23)10-15)17-12-26-20(24)19(28-17)22-30-29-21(33-22)14-6-4-13(5-7-14)11-25-2/h4-7,12,15-16,25H,3,8-11H2,1-2H3,(H2,24,26)(H,27,32). The molecule has 0 aliphatic carbocycles. The van der Waals surface area contributed by atoms with Crippen LogP contribution in [-0.4, -0.2) is 49.8 Å². The third-order valence-electron chi connectivity index (χ3n) is 5.51. The van der Waals surface area contributed by atoms with Crippen molar-refractivity contribution in [2.75, 3.05) is 24.2 Å². The number of benzene rings is 1. The number of nitrogens with zero attached hydrogens (tertiary/aromatic N) is 5. The van der Waals surface area contributed by atoms with E-state index >= 15 is 0 Å². The van der Waals surface area contributed by atoms with Crippen LogP contribution in [0.25, 0.3) is 23.0 Å². The number of hydrogen-bond acceptors (Lipinski definition) is 9. The molecular weight excluding hydrogens is 535 g/mol. The number of alkyl halides is 1. The Morgan fingerprint density at radius 1 is 1.27 bits per heavy atom. The molecule has 1 aliphatic rings. The Morgan fingerprint density at radius 3 is 2.73 bits per heavy atom. The zero-order chi connectivity index (χ0) is 23.4. The fraction of sp³-hybridized carbons (Fsp3) is 0.409. The first-order valence-corrected chi connectivity index (χ1v) is 12.1. The SMILES string of the molecule is CCC(=O)NC1CCN(c2cnc(N)c(-c3nnc(-c4ccc(CNC)cc4)o3)n2)C(I)C1. The minimum atomic E-state index is 0.0791. The van der Waals surface area contributed by atoms with Gasteiger partial charge in [-0.05, 0) is 37.6 Å². The molecule has 11 heteroatoms. The van der Waals surface area contributed by atoms with Crippen LogP contribution in [0.15, 0.2) is 34.9 Å². The van der Waals surface area contributed by atoms with Gasteiger partial charge in [0.1, 0.15) is 5.82 Å². The molecule has 4 N–H and O–H groups in total. The Bertz CT molecular complexity index is 1100. The van der Waals surface area contributed by atoms with Gasteiger partial charge in [0, 0.05) is 31.1 Å². The molecule has 1 aromatic carbocycles. The van der Waals surface area contributed by atoms with Crippen molar-refractivity contribution in [2.24, 2.45) is 0 Å². The largest absolute Gasteiger partial charge is 0.414 e. The van der Waals surface area contributed by atoms with E-state index in [1.165, 1.54) is 0 Å². The lowest BCUT2D eigenvalue weighted by atomic mass is 10.0. The van der Waals surface area contributed by atoms with E-state index in [0.29, 0.717) is 23.8 Å². The number of carbonyl (C=O) groups is 1. The lowest BCUT2D eigenvalue weighted by Gasteiger charge is -2.37. The molecule has 0 spiro atoms. The van der Waals surface area contributed by atoms with E-state index in [0.717, 1.165) is 37.1 Å². The summed E-state index contributed by atoms with van der Waals surface area (Å²) in [5.74, 6) is 1.62. The number of carbonyl (C=O) groups excluding carboxylic acids is 1. The van der Waals surface area contributed by atoms with Crippen LogP contribution in [0, 0.1) is 0 Å². The summed E-state index contributed by atoms with van der Waals surface area (Å²) < 4.78 is 6.04. The van der Waals surface area contributed by atoms with Gasteiger partial charge in [-0.1, -0.05) is 41.6 Å². The normalized spacial score (nSPS) is 18.3. The molecule has 1 aliphatic heterocycles. The van der Waals surface area contributed by atoms with E-state index in [2.05, 4.69) is 53.3 Å². The number of piperidine rings is 1. The predicted octanol–water partition coefficient (Wildman–Crippen LogP) is 2.75. The Hall–Kier alpha value is -2.80. The summed E-state index contributed by atoms with van der Waals surface area (Å²) in [5.41, 5.74) is 8.45. The molecule has 0 saturated carbocycles. The minimum absolute atomic E-state index is 0.0791. The molecule has 2 atom stereocenters. The molecule has 1 amide bonds. The molecule has 2 aromatic heterocycles. The monoisotopic (exact) mass is 562 g/mol. The Balaban J connectivity index is 1.52. The van der Waals surface area contributed by atoms with Crippen LogP contribution in [0.3, 0.4) is 0 Å². The number of hydrogen-bond donors (Lipinski definition) is 3. The van der Waals surface area contributed by atoms with Crippen molar-refractivity contribution < 1.29 is 9.21 Å². The van der Waals surface area contributed by atoms with Crippen molar-refractivity contribution in [3.63, 3.8) is 0 Å². The van der Waals surface area contributed by atoms with E-state index in [4.69, 9.17) is 15.1 Å². The number of halogens is 1. The van der Waals surface area contributed by atoms with E-state index in [9.17, 15) is 4.79 Å². The molecule has 1 saturated heterocycles. The highest BCUT2D eigenvalue weighted by molar-refractivity contribution is 14.1. The highest BCUT2D eigenvalue weighted by Crippen LogP contribution is 2.31. The van der Waals surface area contributed by atoms with Crippen LogP contribution < -0.4 is 21.3 Å². The van der Waals surface area contributed by atoms with Crippen molar-refractivity contribution in [1.82, 2.24) is 30.8 Å². The van der Waals surface area contributed by atoms with Crippen LogP contribution in [0.5, 0.6) is 0 Å². The van der Waals surface area contributed by atoms with Gasteiger partial charge < -0.3 is 25.7 Å². The first-order valence-electron chi connectivity index (χ1n) is 10.9. The Morgan fingerprint density at radius 2 is 2.03 bits per heavy atom. The summed E-state index contributed by atoms with van der Waals surface area (Å²) in [4.78, 5) is 22.9. The number of rotatable bonds is 7. The highest BCUT2D eigenvalue weighted by atomic mass is 127. The highest BCUT2D eigenvalue weighted by Gasteiger charge is 2.29. The number of amides is 1. The maximum Gasteiger partial charge on any atom is 0.270 e. The first kappa shape index (κ1) is 23.4. The number of nitrogens with one attached hydrogen (secondary N) is 2. The Kier molecular flexibility index (Phi) is 7.38. The van der Waals surface area contributed by atoms with Crippen molar-refractivity contribution >= 4 is 40.1 Å². The molecule has 3 aromatic rings. The van der Waals surface area contributed by atoms with Gasteiger partial charge in [-0.3, -0.25) is 4.79 Å². The average molecular weight is 562 g/mol. The van der Waals surface area contributed by atoms with Gasteiger partial charge in [-0.15, -0.1) is 10.2 Å². The average Bonchev–Trinajstić information content (AvgIpc) is 3.30. The summed E-state index contributed by atoms with van der Waals surface area (Å²) in [6, 6.07) is 8.07. The number of aromatic nitrogens is 4. The van der Waals surface area contributed by atoms with Gasteiger partial charge in [0.2, 0.25) is 11.8 Å². The van der Waals surface area contributed by atoms with Gasteiger partial charge in [0.05, 0.1) is 10.2 Å². The molecule has 2 unspecified atom stereocenters. The maximum absolute atomic E-state index is 11.7. The van der Waals surface area contributed by atoms with Crippen LogP contribution in [-0.2, 0) is 11.3 Å². The minimum Gasteiger partial charge on any atom is -0.414 e. The Labute approximate surface area is 205 Å². The van der Waals surface area contributed by atoms with Crippen molar-refractivity contribution in [2.45, 2.75) is 42.8 Å². The smallest absolute Gasteiger partial charge is 0.270 e. The lowest BCUT2D eigenvalue weighted by molar-refractivity contribution is -0.121. The molecule has 4 rings (SSSR count). The van der Waals surface area contributed by atoms with Crippen molar-refractivity contribution in [1.29, 1.82) is 0 Å². The number of nitrogens with two attached hydrogens (primary N) is 1. The summed E-state index contributed by atoms with van der Waals surface area (Å²) in [7, 11) is 1.91. The van der Waals surface area contributed by atoms with Gasteiger partial charge in [-0.25, -0.2) is 9.97 Å². The van der Waals surface area contributed by atoms with Crippen LogP contribution >= 0.6 is 22.6 Å². The molecule has 3 heterocycles. The second-order valence-corrected chi connectivity index (χ2v) is 9.31. The quantitative estimate of drug-likeness (QED) is 0.226. The molecule has 1 fully saturated rings. The molecule has 0 bridgehead atoms. The van der Waals surface area contributed by atoms with E-state index in [1.54, 1.807) is 6.20 Å². The van der Waals surface area contributed by atoms with Crippen molar-refractivity contribution in [3.8, 4) is 23.0 Å². The van der Waals surface area contributed by atoms with Crippen LogP contribution in [0.4, 0.5) is 11.6 Å². The fourth-order valence-electron chi connectivity index (χ4n) is 3.72. The second kappa shape index (κ2) is 10.4. The van der Waals surface area contributed by atoms with Gasteiger partial charge in [-0.2, -0.15) is 0 Å². The van der Waals surface area contributed by atoms with Crippen LogP contribution in [0.1, 0.15) is 31.7 Å². The van der Waals surface area contributed by atoms with E-state index < -0.39 is 0 Å². The van der Waals surface area contributed by atoms with E-state index in [-0.39, 0.29) is 27.7 Å². The predicted molar refractivity (Wildman–Crippen MR) is 135 cm³/mol. The summed E-state index contributed by atoms with van der Waals surface area (Å²) in [6.45, 7) is 3.39. The third-order valence-corrected chi connectivity index (χ3v) is 6.69. The molecular formula is C22H27IN8O2. The van der Waals surface area contributed by atoms with Gasteiger partial charge >= 0.3 is 0 Å². The van der Waals surface area contributed by atoms with Crippen molar-refractivity contribution in [3.05, 3.63) is 36.0 Å². The summed E-state index contributed by atoms with van der Waals surface area (Å²) in [6.07, 6.45) is 3.81. The summed E-state index contributed by atoms with van der Waals surface area (Å²) >= 11 is 2.37. The number of anilines is 2. The van der Waals surface area contributed by atoms with Gasteiger partial charge in [0.15, 0.2) is 11.5 Å². The lowest BCUT2D eigenvalue weighted by Crippen LogP contribution is -2.48. The second-order valence-electron chi connectivity index (χ2n) is 7.87. The zero-order valence-corrected chi connectivity index (χ0v) is 20.7. The molecule has 0 radical (unpaired) electrons.